The lowest BCUT2D eigenvalue weighted by atomic mass is 10.2. The van der Waals surface area contributed by atoms with E-state index in [1.54, 1.807) is 0 Å². The number of H-pyrrole nitrogens is 1. The van der Waals surface area contributed by atoms with Gasteiger partial charge in [0.15, 0.2) is 17.3 Å². The fourth-order valence-electron chi connectivity index (χ4n) is 3.23. The molecule has 142 valence electrons. The summed E-state index contributed by atoms with van der Waals surface area (Å²) in [5, 5.41) is 12.1. The van der Waals surface area contributed by atoms with E-state index in [0.717, 1.165) is 27.5 Å². The highest BCUT2D eigenvalue weighted by Crippen LogP contribution is 2.18. The first-order valence-corrected chi connectivity index (χ1v) is 8.97. The van der Waals surface area contributed by atoms with Crippen LogP contribution in [0.4, 0.5) is 5.82 Å². The molecular formula is C20H16N8O. The van der Waals surface area contributed by atoms with Crippen molar-refractivity contribution in [2.24, 2.45) is 0 Å². The third-order valence-electron chi connectivity index (χ3n) is 4.69. The number of aromatic amines is 1. The number of hydrogen-bond acceptors (Lipinski definition) is 6. The molecule has 1 amide bonds. The van der Waals surface area contributed by atoms with Crippen LogP contribution in [0.25, 0.3) is 27.8 Å². The Morgan fingerprint density at radius 1 is 1.14 bits per heavy atom. The Balaban J connectivity index is 1.43. The fourth-order valence-corrected chi connectivity index (χ4v) is 3.23. The maximum absolute atomic E-state index is 12.7. The highest BCUT2D eigenvalue weighted by Gasteiger charge is 2.17. The SMILES string of the molecule is Nc1ncc(-n2nnc3ccccc32)nc1C(=O)NCc1c[nH]c2ccccc12. The van der Waals surface area contributed by atoms with E-state index in [1.165, 1.54) is 10.9 Å². The second kappa shape index (κ2) is 6.71. The van der Waals surface area contributed by atoms with E-state index < -0.39 is 5.91 Å². The topological polar surface area (TPSA) is 127 Å². The molecule has 0 saturated carbocycles. The van der Waals surface area contributed by atoms with E-state index in [-0.39, 0.29) is 11.5 Å². The van der Waals surface area contributed by atoms with Crippen LogP contribution in [0.1, 0.15) is 16.1 Å². The summed E-state index contributed by atoms with van der Waals surface area (Å²) in [7, 11) is 0. The molecule has 0 spiro atoms. The van der Waals surface area contributed by atoms with Gasteiger partial charge in [-0.1, -0.05) is 35.5 Å². The Kier molecular flexibility index (Phi) is 3.91. The smallest absolute Gasteiger partial charge is 0.274 e. The zero-order chi connectivity index (χ0) is 19.8. The Labute approximate surface area is 164 Å². The van der Waals surface area contributed by atoms with Crippen LogP contribution >= 0.6 is 0 Å². The summed E-state index contributed by atoms with van der Waals surface area (Å²) in [5.41, 5.74) is 9.41. The quantitative estimate of drug-likeness (QED) is 0.436. The third kappa shape index (κ3) is 2.94. The Morgan fingerprint density at radius 2 is 1.97 bits per heavy atom. The van der Waals surface area contributed by atoms with E-state index in [0.29, 0.717) is 12.4 Å². The maximum Gasteiger partial charge on any atom is 0.274 e. The van der Waals surface area contributed by atoms with Gasteiger partial charge in [0.05, 0.1) is 11.7 Å². The lowest BCUT2D eigenvalue weighted by Gasteiger charge is -2.08. The Bertz CT molecular complexity index is 1350. The standard InChI is InChI=1S/C20H16N8O/c21-19-18(20(29)24-10-12-9-22-14-6-2-1-5-13(12)14)25-17(11-23-19)28-16-8-4-3-7-15(16)26-27-28/h1-9,11,22H,10H2,(H2,21,23)(H,24,29). The van der Waals surface area contributed by atoms with Crippen molar-refractivity contribution in [3.63, 3.8) is 0 Å². The molecule has 0 unspecified atom stereocenters. The largest absolute Gasteiger partial charge is 0.382 e. The maximum atomic E-state index is 12.7. The molecule has 0 radical (unpaired) electrons. The molecule has 2 aromatic carbocycles. The van der Waals surface area contributed by atoms with Crippen LogP contribution in [-0.4, -0.2) is 35.9 Å². The van der Waals surface area contributed by atoms with E-state index in [9.17, 15) is 4.79 Å². The number of nitrogen functional groups attached to an aromatic ring is 1. The average Bonchev–Trinajstić information content (AvgIpc) is 3.37. The van der Waals surface area contributed by atoms with Crippen molar-refractivity contribution in [1.29, 1.82) is 0 Å². The summed E-state index contributed by atoms with van der Waals surface area (Å²) in [6.45, 7) is 0.334. The van der Waals surface area contributed by atoms with Crippen molar-refractivity contribution in [1.82, 2.24) is 35.3 Å². The van der Waals surface area contributed by atoms with Gasteiger partial charge >= 0.3 is 0 Å². The van der Waals surface area contributed by atoms with Gasteiger partial charge in [-0.3, -0.25) is 4.79 Å². The van der Waals surface area contributed by atoms with Crippen LogP contribution in [0.2, 0.25) is 0 Å². The first-order chi connectivity index (χ1) is 14.2. The minimum atomic E-state index is -0.411. The van der Waals surface area contributed by atoms with Gasteiger partial charge in [-0.2, -0.15) is 4.68 Å². The lowest BCUT2D eigenvalue weighted by Crippen LogP contribution is -2.26. The third-order valence-corrected chi connectivity index (χ3v) is 4.69. The van der Waals surface area contributed by atoms with E-state index in [4.69, 9.17) is 5.73 Å². The molecule has 3 aromatic heterocycles. The van der Waals surface area contributed by atoms with Crippen molar-refractivity contribution < 1.29 is 4.79 Å². The number of nitrogens with two attached hydrogens (primary N) is 1. The van der Waals surface area contributed by atoms with Crippen molar-refractivity contribution in [2.45, 2.75) is 6.54 Å². The molecule has 5 rings (SSSR count). The summed E-state index contributed by atoms with van der Waals surface area (Å²) in [6, 6.07) is 15.4. The number of hydrogen-bond donors (Lipinski definition) is 3. The van der Waals surface area contributed by atoms with Crippen LogP contribution in [0, 0.1) is 0 Å². The predicted octanol–water partition coefficient (Wildman–Crippen LogP) is 2.20. The number of nitrogens with one attached hydrogen (secondary N) is 2. The number of benzene rings is 2. The van der Waals surface area contributed by atoms with Gasteiger partial charge in [-0.15, -0.1) is 5.10 Å². The molecule has 0 aliphatic rings. The number of nitrogens with zero attached hydrogens (tertiary/aromatic N) is 5. The van der Waals surface area contributed by atoms with Gasteiger partial charge in [0.1, 0.15) is 5.52 Å². The molecule has 0 aliphatic heterocycles. The van der Waals surface area contributed by atoms with E-state index in [2.05, 4.69) is 30.6 Å². The van der Waals surface area contributed by atoms with E-state index in [1.807, 2.05) is 54.7 Å². The molecule has 9 nitrogen and oxygen atoms in total. The number of anilines is 1. The van der Waals surface area contributed by atoms with Crippen molar-refractivity contribution in [3.8, 4) is 5.82 Å². The molecule has 3 heterocycles. The summed E-state index contributed by atoms with van der Waals surface area (Å²) >= 11 is 0. The number of fused-ring (bicyclic) bond motifs is 2. The number of rotatable bonds is 4. The highest BCUT2D eigenvalue weighted by molar-refractivity contribution is 5.96. The molecule has 0 saturated heterocycles. The van der Waals surface area contributed by atoms with Gasteiger partial charge in [-0.05, 0) is 23.8 Å². The first-order valence-electron chi connectivity index (χ1n) is 8.97. The summed E-state index contributed by atoms with van der Waals surface area (Å²) in [4.78, 5) is 24.4. The van der Waals surface area contributed by atoms with Crippen molar-refractivity contribution >= 4 is 33.7 Å². The van der Waals surface area contributed by atoms with Gasteiger partial charge < -0.3 is 16.0 Å². The number of carbonyl (C=O) groups is 1. The van der Waals surface area contributed by atoms with Crippen molar-refractivity contribution in [3.05, 3.63) is 72.2 Å². The van der Waals surface area contributed by atoms with Crippen LogP contribution in [0.3, 0.4) is 0 Å². The Morgan fingerprint density at radius 3 is 2.90 bits per heavy atom. The van der Waals surface area contributed by atoms with Gasteiger partial charge in [-0.25, -0.2) is 9.97 Å². The van der Waals surface area contributed by atoms with Crippen LogP contribution in [0.5, 0.6) is 0 Å². The molecular weight excluding hydrogens is 368 g/mol. The van der Waals surface area contributed by atoms with Gasteiger partial charge in [0, 0.05) is 23.6 Å². The van der Waals surface area contributed by atoms with Gasteiger partial charge in [0.2, 0.25) is 0 Å². The lowest BCUT2D eigenvalue weighted by molar-refractivity contribution is 0.0946. The average molecular weight is 384 g/mol. The molecule has 0 bridgehead atoms. The second-order valence-corrected chi connectivity index (χ2v) is 6.49. The number of amides is 1. The molecule has 0 fully saturated rings. The van der Waals surface area contributed by atoms with E-state index >= 15 is 0 Å². The summed E-state index contributed by atoms with van der Waals surface area (Å²) < 4.78 is 1.53. The van der Waals surface area contributed by atoms with Crippen LogP contribution in [0.15, 0.2) is 60.9 Å². The molecule has 0 atom stereocenters. The Hall–Kier alpha value is -4.27. The zero-order valence-corrected chi connectivity index (χ0v) is 15.2. The van der Waals surface area contributed by atoms with Gasteiger partial charge in [0.25, 0.3) is 5.91 Å². The minimum Gasteiger partial charge on any atom is -0.382 e. The van der Waals surface area contributed by atoms with Crippen LogP contribution < -0.4 is 11.1 Å². The fraction of sp³-hybridized carbons (Fsp3) is 0.0500. The molecule has 9 heteroatoms. The number of carbonyl (C=O) groups excluding carboxylic acids is 1. The molecule has 29 heavy (non-hydrogen) atoms. The molecule has 5 aromatic rings. The number of aromatic nitrogens is 6. The second-order valence-electron chi connectivity index (χ2n) is 6.49. The summed E-state index contributed by atoms with van der Waals surface area (Å²) in [6.07, 6.45) is 3.34. The zero-order valence-electron chi connectivity index (χ0n) is 15.2. The first kappa shape index (κ1) is 16.9. The molecule has 0 aliphatic carbocycles. The van der Waals surface area contributed by atoms with Crippen molar-refractivity contribution in [2.75, 3.05) is 5.73 Å². The summed E-state index contributed by atoms with van der Waals surface area (Å²) in [5.74, 6) is 0.00583. The highest BCUT2D eigenvalue weighted by atomic mass is 16.1. The normalized spacial score (nSPS) is 11.2. The molecule has 4 N–H and O–H groups in total. The predicted molar refractivity (Wildman–Crippen MR) is 108 cm³/mol. The minimum absolute atomic E-state index is 0.0434. The monoisotopic (exact) mass is 384 g/mol. The number of para-hydroxylation sites is 2. The van der Waals surface area contributed by atoms with Crippen LogP contribution in [-0.2, 0) is 6.54 Å².